The number of aryl methyl sites for hydroxylation is 2. The van der Waals surface area contributed by atoms with Gasteiger partial charge in [-0.05, 0) is 37.4 Å². The largest absolute Gasteiger partial charge is 0.294 e. The predicted molar refractivity (Wildman–Crippen MR) is 87.5 cm³/mol. The molecule has 0 unspecified atom stereocenters. The minimum Gasteiger partial charge on any atom is -0.294 e. The molecular formula is C17H15N3OS. The van der Waals surface area contributed by atoms with Crippen molar-refractivity contribution in [2.75, 3.05) is 4.90 Å². The molecule has 1 amide bonds. The molecule has 22 heavy (non-hydrogen) atoms. The highest BCUT2D eigenvalue weighted by molar-refractivity contribution is 7.10. The van der Waals surface area contributed by atoms with Crippen LogP contribution < -0.4 is 4.90 Å². The van der Waals surface area contributed by atoms with E-state index in [0.717, 1.165) is 21.8 Å². The highest BCUT2D eigenvalue weighted by atomic mass is 32.1. The molecule has 5 heteroatoms. The number of nitrogens with one attached hydrogen (secondary N) is 1. The standard InChI is InChI=1S/C17H15N3OS/c1-10-5-7-12(8-6-10)20-16(13-4-3-9-22-13)14-11(2)18-19-15(14)17(20)21/h3-9,16H,1-2H3,(H,18,19)/t16-/m1/s1. The molecule has 0 aliphatic carbocycles. The molecule has 1 N–H and O–H groups in total. The van der Waals surface area contributed by atoms with E-state index in [1.54, 1.807) is 11.3 Å². The summed E-state index contributed by atoms with van der Waals surface area (Å²) in [4.78, 5) is 15.9. The molecule has 4 rings (SSSR count). The zero-order valence-electron chi connectivity index (χ0n) is 12.3. The van der Waals surface area contributed by atoms with Gasteiger partial charge in [0.2, 0.25) is 0 Å². The van der Waals surface area contributed by atoms with Crippen LogP contribution in [0.15, 0.2) is 41.8 Å². The molecule has 110 valence electrons. The van der Waals surface area contributed by atoms with Crippen molar-refractivity contribution in [1.82, 2.24) is 10.2 Å². The number of nitrogens with zero attached hydrogens (tertiary/aromatic N) is 2. The number of hydrogen-bond donors (Lipinski definition) is 1. The highest BCUT2D eigenvalue weighted by Crippen LogP contribution is 2.43. The van der Waals surface area contributed by atoms with E-state index in [9.17, 15) is 4.79 Å². The van der Waals surface area contributed by atoms with Crippen LogP contribution in [0.5, 0.6) is 0 Å². The van der Waals surface area contributed by atoms with Crippen molar-refractivity contribution in [3.63, 3.8) is 0 Å². The third-order valence-electron chi connectivity index (χ3n) is 4.07. The average Bonchev–Trinajstić information content (AvgIpc) is 3.20. The Morgan fingerprint density at radius 3 is 2.64 bits per heavy atom. The van der Waals surface area contributed by atoms with Gasteiger partial charge in [-0.15, -0.1) is 11.3 Å². The summed E-state index contributed by atoms with van der Waals surface area (Å²) >= 11 is 1.66. The number of benzene rings is 1. The number of H-pyrrole nitrogens is 1. The molecule has 3 aromatic rings. The fourth-order valence-corrected chi connectivity index (χ4v) is 3.81. The summed E-state index contributed by atoms with van der Waals surface area (Å²) in [6, 6.07) is 12.1. The third-order valence-corrected chi connectivity index (χ3v) is 5.00. The van der Waals surface area contributed by atoms with Crippen LogP contribution in [0.2, 0.25) is 0 Å². The van der Waals surface area contributed by atoms with Crippen molar-refractivity contribution in [2.45, 2.75) is 19.9 Å². The summed E-state index contributed by atoms with van der Waals surface area (Å²) in [5.41, 5.74) is 4.57. The Labute approximate surface area is 132 Å². The van der Waals surface area contributed by atoms with Crippen LogP contribution in [0.4, 0.5) is 5.69 Å². The van der Waals surface area contributed by atoms with E-state index in [-0.39, 0.29) is 11.9 Å². The zero-order valence-corrected chi connectivity index (χ0v) is 13.1. The van der Waals surface area contributed by atoms with E-state index in [4.69, 9.17) is 0 Å². The number of anilines is 1. The molecule has 0 saturated heterocycles. The minimum absolute atomic E-state index is 0.0402. The second kappa shape index (κ2) is 4.81. The monoisotopic (exact) mass is 309 g/mol. The number of thiophene rings is 1. The molecule has 0 bridgehead atoms. The third kappa shape index (κ3) is 1.82. The Morgan fingerprint density at radius 1 is 1.18 bits per heavy atom. The molecule has 0 radical (unpaired) electrons. The van der Waals surface area contributed by atoms with Crippen molar-refractivity contribution in [3.05, 3.63) is 69.2 Å². The number of amides is 1. The number of rotatable bonds is 2. The van der Waals surface area contributed by atoms with Crippen molar-refractivity contribution in [1.29, 1.82) is 0 Å². The molecule has 1 aliphatic rings. The molecule has 1 aliphatic heterocycles. The number of carbonyl (C=O) groups excluding carboxylic acids is 1. The zero-order chi connectivity index (χ0) is 15.3. The topological polar surface area (TPSA) is 49.0 Å². The smallest absolute Gasteiger partial charge is 0.280 e. The lowest BCUT2D eigenvalue weighted by Crippen LogP contribution is -2.28. The Hall–Kier alpha value is -2.40. The van der Waals surface area contributed by atoms with Gasteiger partial charge in [0.1, 0.15) is 6.04 Å². The number of carbonyl (C=O) groups is 1. The highest BCUT2D eigenvalue weighted by Gasteiger charge is 2.42. The Kier molecular flexibility index (Phi) is 2.90. The Morgan fingerprint density at radius 2 is 1.95 bits per heavy atom. The molecule has 1 aromatic carbocycles. The normalized spacial score (nSPS) is 17.1. The number of hydrogen-bond acceptors (Lipinski definition) is 3. The predicted octanol–water partition coefficient (Wildman–Crippen LogP) is 3.84. The first-order valence-electron chi connectivity index (χ1n) is 7.15. The molecule has 1 atom stereocenters. The lowest BCUT2D eigenvalue weighted by molar-refractivity contribution is 0.0989. The molecule has 0 saturated carbocycles. The molecule has 2 aromatic heterocycles. The number of aromatic amines is 1. The van der Waals surface area contributed by atoms with E-state index in [1.165, 1.54) is 5.56 Å². The maximum atomic E-state index is 12.8. The average molecular weight is 309 g/mol. The second-order valence-corrected chi connectivity index (χ2v) is 6.52. The summed E-state index contributed by atoms with van der Waals surface area (Å²) in [6.07, 6.45) is 0. The van der Waals surface area contributed by atoms with Crippen molar-refractivity contribution < 1.29 is 4.79 Å². The summed E-state index contributed by atoms with van der Waals surface area (Å²) in [7, 11) is 0. The van der Waals surface area contributed by atoms with Gasteiger partial charge < -0.3 is 0 Å². The van der Waals surface area contributed by atoms with Gasteiger partial charge in [-0.2, -0.15) is 5.10 Å². The lowest BCUT2D eigenvalue weighted by Gasteiger charge is -2.25. The second-order valence-electron chi connectivity index (χ2n) is 5.54. The first kappa shape index (κ1) is 13.3. The molecule has 0 spiro atoms. The van der Waals surface area contributed by atoms with Gasteiger partial charge >= 0.3 is 0 Å². The summed E-state index contributed by atoms with van der Waals surface area (Å²) < 4.78 is 0. The van der Waals surface area contributed by atoms with Gasteiger partial charge in [0.25, 0.3) is 5.91 Å². The molecular weight excluding hydrogens is 294 g/mol. The van der Waals surface area contributed by atoms with E-state index in [1.807, 2.05) is 54.5 Å². The summed E-state index contributed by atoms with van der Waals surface area (Å²) in [5, 5.41) is 9.21. The van der Waals surface area contributed by atoms with Gasteiger partial charge in [-0.1, -0.05) is 23.8 Å². The summed E-state index contributed by atoms with van der Waals surface area (Å²) in [5.74, 6) is -0.0402. The van der Waals surface area contributed by atoms with Gasteiger partial charge in [-0.25, -0.2) is 0 Å². The fraction of sp³-hybridized carbons (Fsp3) is 0.176. The van der Waals surface area contributed by atoms with E-state index in [2.05, 4.69) is 16.3 Å². The SMILES string of the molecule is Cc1ccc(N2C(=O)c3n[nH]c(C)c3[C@H]2c2cccs2)cc1. The Balaban J connectivity index is 1.90. The fourth-order valence-electron chi connectivity index (χ4n) is 2.98. The lowest BCUT2D eigenvalue weighted by atomic mass is 10.1. The van der Waals surface area contributed by atoms with Crippen LogP contribution >= 0.6 is 11.3 Å². The van der Waals surface area contributed by atoms with Crippen LogP contribution in [0.1, 0.15) is 38.2 Å². The van der Waals surface area contributed by atoms with Crippen LogP contribution in [-0.2, 0) is 0 Å². The molecule has 3 heterocycles. The van der Waals surface area contributed by atoms with E-state index < -0.39 is 0 Å². The first-order chi connectivity index (χ1) is 10.7. The van der Waals surface area contributed by atoms with Gasteiger partial charge in [0.15, 0.2) is 5.69 Å². The summed E-state index contributed by atoms with van der Waals surface area (Å²) in [6.45, 7) is 4.01. The van der Waals surface area contributed by atoms with Crippen molar-refractivity contribution in [2.24, 2.45) is 0 Å². The van der Waals surface area contributed by atoms with Gasteiger partial charge in [-0.3, -0.25) is 14.8 Å². The van der Waals surface area contributed by atoms with Crippen molar-refractivity contribution in [3.8, 4) is 0 Å². The van der Waals surface area contributed by atoms with E-state index in [0.29, 0.717) is 5.69 Å². The Bertz CT molecular complexity index is 833. The molecule has 4 nitrogen and oxygen atoms in total. The quantitative estimate of drug-likeness (QED) is 0.782. The van der Waals surface area contributed by atoms with Crippen LogP contribution in [0, 0.1) is 13.8 Å². The van der Waals surface area contributed by atoms with Crippen LogP contribution in [0.25, 0.3) is 0 Å². The van der Waals surface area contributed by atoms with Crippen LogP contribution in [-0.4, -0.2) is 16.1 Å². The minimum atomic E-state index is -0.0936. The maximum Gasteiger partial charge on any atom is 0.280 e. The maximum absolute atomic E-state index is 12.8. The molecule has 0 fully saturated rings. The van der Waals surface area contributed by atoms with Gasteiger partial charge in [0, 0.05) is 21.8 Å². The number of aromatic nitrogens is 2. The van der Waals surface area contributed by atoms with Crippen LogP contribution in [0.3, 0.4) is 0 Å². The van der Waals surface area contributed by atoms with E-state index >= 15 is 0 Å². The van der Waals surface area contributed by atoms with Gasteiger partial charge in [0.05, 0.1) is 0 Å². The van der Waals surface area contributed by atoms with Crippen molar-refractivity contribution >= 4 is 22.9 Å². The first-order valence-corrected chi connectivity index (χ1v) is 8.03. The number of fused-ring (bicyclic) bond motifs is 1.